The third-order valence-electron chi connectivity index (χ3n) is 4.16. The standard InChI is InChI=1S/C20H18F3NO/c1-19(2)12-14-6-3-4-9-16(14)17(24-19)11-18(25)13-7-5-8-15(10-13)20(21,22)23/h3-11,24H,12H2,1-2H3/b17-11-. The second kappa shape index (κ2) is 6.06. The number of ketones is 1. The molecule has 1 aliphatic heterocycles. The Bertz CT molecular complexity index is 850. The van der Waals surface area contributed by atoms with Crippen LogP contribution in [0.4, 0.5) is 13.2 Å². The Morgan fingerprint density at radius 2 is 1.84 bits per heavy atom. The zero-order valence-corrected chi connectivity index (χ0v) is 13.9. The molecule has 0 saturated heterocycles. The Labute approximate surface area is 144 Å². The van der Waals surface area contributed by atoms with Crippen molar-refractivity contribution >= 4 is 11.5 Å². The van der Waals surface area contributed by atoms with Crippen molar-refractivity contribution < 1.29 is 18.0 Å². The molecular formula is C20H18F3NO. The number of carbonyl (C=O) groups excluding carboxylic acids is 1. The number of hydrogen-bond acceptors (Lipinski definition) is 2. The van der Waals surface area contributed by atoms with E-state index in [0.717, 1.165) is 29.7 Å². The molecule has 0 unspecified atom stereocenters. The number of alkyl halides is 3. The molecule has 130 valence electrons. The van der Waals surface area contributed by atoms with Crippen LogP contribution in [0.25, 0.3) is 5.70 Å². The summed E-state index contributed by atoms with van der Waals surface area (Å²) in [6.45, 7) is 4.04. The van der Waals surface area contributed by atoms with Crippen molar-refractivity contribution in [2.45, 2.75) is 32.0 Å². The molecule has 0 radical (unpaired) electrons. The molecule has 0 bridgehead atoms. The topological polar surface area (TPSA) is 29.1 Å². The van der Waals surface area contributed by atoms with Gasteiger partial charge in [-0.1, -0.05) is 36.4 Å². The van der Waals surface area contributed by atoms with E-state index in [9.17, 15) is 18.0 Å². The van der Waals surface area contributed by atoms with E-state index in [-0.39, 0.29) is 11.1 Å². The Morgan fingerprint density at radius 3 is 2.56 bits per heavy atom. The lowest BCUT2D eigenvalue weighted by Crippen LogP contribution is -2.43. The van der Waals surface area contributed by atoms with Gasteiger partial charge in [-0.3, -0.25) is 4.79 Å². The lowest BCUT2D eigenvalue weighted by Gasteiger charge is -2.35. The van der Waals surface area contributed by atoms with Gasteiger partial charge in [0.05, 0.1) is 5.56 Å². The van der Waals surface area contributed by atoms with E-state index in [1.54, 1.807) is 0 Å². The van der Waals surface area contributed by atoms with Crippen LogP contribution in [-0.4, -0.2) is 11.3 Å². The SMILES string of the molecule is CC1(C)Cc2ccccc2/C(=C/C(=O)c2cccc(C(F)(F)F)c2)N1. The van der Waals surface area contributed by atoms with Gasteiger partial charge in [-0.25, -0.2) is 0 Å². The van der Waals surface area contributed by atoms with Gasteiger partial charge >= 0.3 is 6.18 Å². The highest BCUT2D eigenvalue weighted by Gasteiger charge is 2.31. The first-order valence-corrected chi connectivity index (χ1v) is 7.95. The summed E-state index contributed by atoms with van der Waals surface area (Å²) < 4.78 is 38.5. The maximum atomic E-state index is 12.8. The molecule has 0 spiro atoms. The summed E-state index contributed by atoms with van der Waals surface area (Å²) in [5.41, 5.74) is 1.60. The Balaban J connectivity index is 1.99. The summed E-state index contributed by atoms with van der Waals surface area (Å²) in [5, 5.41) is 3.31. The van der Waals surface area contributed by atoms with E-state index in [1.807, 2.05) is 38.1 Å². The number of benzene rings is 2. The molecule has 0 aliphatic carbocycles. The number of hydrogen-bond donors (Lipinski definition) is 1. The number of rotatable bonds is 2. The smallest absolute Gasteiger partial charge is 0.379 e. The van der Waals surface area contributed by atoms with Crippen molar-refractivity contribution in [2.75, 3.05) is 0 Å². The molecule has 0 amide bonds. The summed E-state index contributed by atoms with van der Waals surface area (Å²) in [7, 11) is 0. The second-order valence-corrected chi connectivity index (χ2v) is 6.84. The van der Waals surface area contributed by atoms with Gasteiger partial charge in [-0.2, -0.15) is 13.2 Å². The summed E-state index contributed by atoms with van der Waals surface area (Å²) >= 11 is 0. The molecule has 2 aromatic rings. The molecule has 0 atom stereocenters. The summed E-state index contributed by atoms with van der Waals surface area (Å²) in [6, 6.07) is 12.2. The van der Waals surface area contributed by atoms with Crippen LogP contribution in [0.1, 0.15) is 40.9 Å². The van der Waals surface area contributed by atoms with Gasteiger partial charge in [0.25, 0.3) is 0 Å². The van der Waals surface area contributed by atoms with Gasteiger partial charge < -0.3 is 5.32 Å². The fourth-order valence-corrected chi connectivity index (χ4v) is 3.07. The van der Waals surface area contributed by atoms with Crippen molar-refractivity contribution in [3.05, 3.63) is 76.9 Å². The monoisotopic (exact) mass is 345 g/mol. The van der Waals surface area contributed by atoms with E-state index < -0.39 is 17.5 Å². The number of nitrogens with one attached hydrogen (secondary N) is 1. The first-order chi connectivity index (χ1) is 11.7. The summed E-state index contributed by atoms with van der Waals surface area (Å²) in [4.78, 5) is 12.5. The molecule has 2 nitrogen and oxygen atoms in total. The highest BCUT2D eigenvalue weighted by Crippen LogP contribution is 2.31. The number of allylic oxidation sites excluding steroid dienone is 1. The number of fused-ring (bicyclic) bond motifs is 1. The van der Waals surface area contributed by atoms with Crippen LogP contribution in [0, 0.1) is 0 Å². The molecule has 25 heavy (non-hydrogen) atoms. The molecule has 0 saturated carbocycles. The van der Waals surface area contributed by atoms with Crippen LogP contribution in [0.2, 0.25) is 0 Å². The van der Waals surface area contributed by atoms with Crippen molar-refractivity contribution in [2.24, 2.45) is 0 Å². The second-order valence-electron chi connectivity index (χ2n) is 6.84. The largest absolute Gasteiger partial charge is 0.416 e. The third kappa shape index (κ3) is 3.76. The fourth-order valence-electron chi connectivity index (χ4n) is 3.07. The minimum absolute atomic E-state index is 0.0185. The maximum absolute atomic E-state index is 12.8. The van der Waals surface area contributed by atoms with Gasteiger partial charge in [0.2, 0.25) is 0 Å². The van der Waals surface area contributed by atoms with Gasteiger partial charge in [0.15, 0.2) is 5.78 Å². The molecule has 0 aromatic heterocycles. The number of carbonyl (C=O) groups is 1. The molecule has 3 rings (SSSR count). The van der Waals surface area contributed by atoms with Gasteiger partial charge in [-0.05, 0) is 38.0 Å². The molecule has 1 aliphatic rings. The normalized spacial score (nSPS) is 17.7. The average molecular weight is 345 g/mol. The zero-order chi connectivity index (χ0) is 18.2. The molecule has 5 heteroatoms. The minimum atomic E-state index is -4.47. The van der Waals surface area contributed by atoms with E-state index in [4.69, 9.17) is 0 Å². The van der Waals surface area contributed by atoms with Gasteiger partial charge in [-0.15, -0.1) is 0 Å². The predicted molar refractivity (Wildman–Crippen MR) is 91.1 cm³/mol. The third-order valence-corrected chi connectivity index (χ3v) is 4.16. The van der Waals surface area contributed by atoms with Crippen LogP contribution < -0.4 is 5.32 Å². The van der Waals surface area contributed by atoms with Crippen LogP contribution in [0.5, 0.6) is 0 Å². The molecular weight excluding hydrogens is 327 g/mol. The van der Waals surface area contributed by atoms with Crippen molar-refractivity contribution in [3.63, 3.8) is 0 Å². The van der Waals surface area contributed by atoms with Crippen LogP contribution in [0.3, 0.4) is 0 Å². The predicted octanol–water partition coefficient (Wildman–Crippen LogP) is 4.85. The van der Waals surface area contributed by atoms with E-state index in [2.05, 4.69) is 5.32 Å². The maximum Gasteiger partial charge on any atom is 0.416 e. The van der Waals surface area contributed by atoms with E-state index in [0.29, 0.717) is 5.70 Å². The van der Waals surface area contributed by atoms with Crippen molar-refractivity contribution in [1.29, 1.82) is 0 Å². The molecule has 2 aromatic carbocycles. The minimum Gasteiger partial charge on any atom is -0.379 e. The van der Waals surface area contributed by atoms with Gasteiger partial charge in [0, 0.05) is 28.4 Å². The van der Waals surface area contributed by atoms with Crippen LogP contribution in [-0.2, 0) is 12.6 Å². The first-order valence-electron chi connectivity index (χ1n) is 7.95. The lowest BCUT2D eigenvalue weighted by atomic mass is 9.85. The average Bonchev–Trinajstić information content (AvgIpc) is 2.53. The summed E-state index contributed by atoms with van der Waals surface area (Å²) in [6.07, 6.45) is -2.28. The Morgan fingerprint density at radius 1 is 1.12 bits per heavy atom. The van der Waals surface area contributed by atoms with Crippen molar-refractivity contribution in [3.8, 4) is 0 Å². The summed E-state index contributed by atoms with van der Waals surface area (Å²) in [5.74, 6) is -0.457. The number of halogens is 3. The van der Waals surface area contributed by atoms with E-state index >= 15 is 0 Å². The molecule has 1 heterocycles. The molecule has 1 N–H and O–H groups in total. The van der Waals surface area contributed by atoms with E-state index in [1.165, 1.54) is 18.2 Å². The highest BCUT2D eigenvalue weighted by molar-refractivity contribution is 6.08. The molecule has 0 fully saturated rings. The van der Waals surface area contributed by atoms with Crippen LogP contribution >= 0.6 is 0 Å². The first kappa shape index (κ1) is 17.3. The Kier molecular flexibility index (Phi) is 4.19. The Hall–Kier alpha value is -2.56. The quantitative estimate of drug-likeness (QED) is 0.622. The van der Waals surface area contributed by atoms with Gasteiger partial charge in [0.1, 0.15) is 0 Å². The fraction of sp³-hybridized carbons (Fsp3) is 0.250. The highest BCUT2D eigenvalue weighted by atomic mass is 19.4. The zero-order valence-electron chi connectivity index (χ0n) is 13.9. The van der Waals surface area contributed by atoms with Crippen molar-refractivity contribution in [1.82, 2.24) is 5.32 Å². The van der Waals surface area contributed by atoms with Crippen LogP contribution in [0.15, 0.2) is 54.6 Å². The lowest BCUT2D eigenvalue weighted by molar-refractivity contribution is -0.137.